The van der Waals surface area contributed by atoms with Gasteiger partial charge in [-0.05, 0) is 127 Å². The van der Waals surface area contributed by atoms with Gasteiger partial charge in [0.2, 0.25) is 0 Å². The molecule has 2 nitrogen and oxygen atoms in total. The second-order valence-electron chi connectivity index (χ2n) is 14.4. The Morgan fingerprint density at radius 1 is 0.510 bits per heavy atom. The van der Waals surface area contributed by atoms with Crippen molar-refractivity contribution in [3.05, 3.63) is 180 Å². The second-order valence-corrected chi connectivity index (χ2v) is 14.4. The van der Waals surface area contributed by atoms with Crippen molar-refractivity contribution < 1.29 is 0 Å². The van der Waals surface area contributed by atoms with Crippen LogP contribution < -0.4 is 15.0 Å². The van der Waals surface area contributed by atoms with Gasteiger partial charge in [-0.2, -0.15) is 0 Å². The Labute approximate surface area is 295 Å². The summed E-state index contributed by atoms with van der Waals surface area (Å²) in [5, 5.41) is 14.9. The third-order valence-corrected chi connectivity index (χ3v) is 11.9. The van der Waals surface area contributed by atoms with E-state index in [2.05, 4.69) is 180 Å². The largest absolute Gasteiger partial charge is 0.313 e. The lowest BCUT2D eigenvalue weighted by Crippen LogP contribution is -2.31. The molecular formula is C49H32N2. The predicted octanol–water partition coefficient (Wildman–Crippen LogP) is 12.5. The first-order chi connectivity index (χ1) is 25.3. The van der Waals surface area contributed by atoms with Crippen LogP contribution in [0.4, 0.5) is 28.4 Å². The van der Waals surface area contributed by atoms with Crippen molar-refractivity contribution in [1.29, 1.82) is 0 Å². The summed E-state index contributed by atoms with van der Waals surface area (Å²) in [4.78, 5) is 4.92. The van der Waals surface area contributed by atoms with Crippen molar-refractivity contribution in [2.24, 2.45) is 0 Å². The molecule has 2 heteroatoms. The maximum absolute atomic E-state index is 2.55. The second kappa shape index (κ2) is 9.87. The smallest absolute Gasteiger partial charge is 0.0597 e. The SMILES string of the molecule is C1=CC23CC=c4c5cc6c(cc5c5ccc(c2c45)N(c2ccccc2)C3=CC1)c1cccc2c(N(c3ccccc3)c3ccccc3)ccc6c21. The van der Waals surface area contributed by atoms with Gasteiger partial charge in [0.15, 0.2) is 0 Å². The van der Waals surface area contributed by atoms with Crippen LogP contribution in [0.2, 0.25) is 0 Å². The Morgan fingerprint density at radius 2 is 1.14 bits per heavy atom. The van der Waals surface area contributed by atoms with Gasteiger partial charge in [-0.1, -0.05) is 109 Å². The molecule has 0 fully saturated rings. The Kier molecular flexibility index (Phi) is 5.31. The Bertz CT molecular complexity index is 2970. The molecule has 0 amide bonds. The van der Waals surface area contributed by atoms with E-state index in [1.807, 2.05) is 0 Å². The monoisotopic (exact) mass is 648 g/mol. The molecule has 51 heavy (non-hydrogen) atoms. The highest BCUT2D eigenvalue weighted by Gasteiger charge is 2.49. The van der Waals surface area contributed by atoms with Gasteiger partial charge in [0.25, 0.3) is 0 Å². The molecule has 1 heterocycles. The van der Waals surface area contributed by atoms with Crippen LogP contribution in [0.15, 0.2) is 170 Å². The fraction of sp³-hybridized carbons (Fsp3) is 0.0612. The average molecular weight is 649 g/mol. The van der Waals surface area contributed by atoms with Gasteiger partial charge >= 0.3 is 0 Å². The standard InChI is InChI=1S/C49H32N2/c1-4-13-31(14-5-1)50(32-15-6-2-7-16-32)43-24-22-35-40-30-42-37-26-28-49-27-11-10-21-45(49)51(33-17-8-3-9-18-33)44-25-23-36(47(37)48(44)49)41(42)29-39(40)34-19-12-20-38(43)46(34)35/h1-9,11-27,29-30H,10,28H2. The summed E-state index contributed by atoms with van der Waals surface area (Å²) in [5.41, 5.74) is 8.83. The van der Waals surface area contributed by atoms with E-state index >= 15 is 0 Å². The van der Waals surface area contributed by atoms with Crippen LogP contribution in [-0.4, -0.2) is 0 Å². The van der Waals surface area contributed by atoms with E-state index in [1.165, 1.54) is 87.4 Å². The number of fused-ring (bicyclic) bond motifs is 6. The average Bonchev–Trinajstić information content (AvgIpc) is 3.80. The fourth-order valence-corrected chi connectivity index (χ4v) is 9.93. The molecule has 0 N–H and O–H groups in total. The van der Waals surface area contributed by atoms with Crippen molar-refractivity contribution in [3.8, 4) is 0 Å². The van der Waals surface area contributed by atoms with Crippen molar-refractivity contribution in [1.82, 2.24) is 0 Å². The van der Waals surface area contributed by atoms with Crippen molar-refractivity contribution in [2.45, 2.75) is 18.3 Å². The molecule has 1 unspecified atom stereocenters. The van der Waals surface area contributed by atoms with Gasteiger partial charge < -0.3 is 9.80 Å². The Balaban J connectivity index is 1.13. The number of rotatable bonds is 4. The lowest BCUT2D eigenvalue weighted by Gasteiger charge is -2.34. The highest BCUT2D eigenvalue weighted by molar-refractivity contribution is 6.35. The van der Waals surface area contributed by atoms with Gasteiger partial charge in [0, 0.05) is 33.7 Å². The van der Waals surface area contributed by atoms with Crippen LogP contribution in [0.25, 0.3) is 59.9 Å². The number of nitrogens with zero attached hydrogens (tertiary/aromatic N) is 2. The first kappa shape index (κ1) is 27.4. The zero-order valence-corrected chi connectivity index (χ0v) is 28.0. The summed E-state index contributed by atoms with van der Waals surface area (Å²) in [6.45, 7) is 0. The van der Waals surface area contributed by atoms with E-state index in [-0.39, 0.29) is 5.41 Å². The molecule has 2 aliphatic carbocycles. The molecule has 3 aliphatic rings. The van der Waals surface area contributed by atoms with Crippen LogP contribution in [-0.2, 0) is 5.41 Å². The summed E-state index contributed by atoms with van der Waals surface area (Å²) < 4.78 is 0. The third kappa shape index (κ3) is 3.47. The molecule has 0 radical (unpaired) electrons. The van der Waals surface area contributed by atoms with E-state index in [4.69, 9.17) is 0 Å². The number of hydrogen-bond donors (Lipinski definition) is 0. The molecule has 1 atom stereocenters. The highest BCUT2D eigenvalue weighted by Crippen LogP contribution is 2.59. The van der Waals surface area contributed by atoms with Gasteiger partial charge in [-0.15, -0.1) is 0 Å². The maximum Gasteiger partial charge on any atom is 0.0597 e. The van der Waals surface area contributed by atoms with Gasteiger partial charge in [-0.25, -0.2) is 0 Å². The highest BCUT2D eigenvalue weighted by atomic mass is 15.2. The topological polar surface area (TPSA) is 6.48 Å². The van der Waals surface area contributed by atoms with Crippen molar-refractivity contribution in [2.75, 3.05) is 9.80 Å². The van der Waals surface area contributed by atoms with Crippen molar-refractivity contribution in [3.63, 3.8) is 0 Å². The minimum Gasteiger partial charge on any atom is -0.313 e. The van der Waals surface area contributed by atoms with Crippen LogP contribution in [0.5, 0.6) is 0 Å². The van der Waals surface area contributed by atoms with Crippen LogP contribution >= 0.6 is 0 Å². The third-order valence-electron chi connectivity index (χ3n) is 11.9. The van der Waals surface area contributed by atoms with E-state index in [1.54, 1.807) is 0 Å². The first-order valence-corrected chi connectivity index (χ1v) is 18.1. The summed E-state index contributed by atoms with van der Waals surface area (Å²) >= 11 is 0. The maximum atomic E-state index is 2.55. The van der Waals surface area contributed by atoms with Crippen LogP contribution in [0.3, 0.4) is 0 Å². The van der Waals surface area contributed by atoms with Crippen LogP contribution in [0.1, 0.15) is 18.4 Å². The molecule has 0 aromatic heterocycles. The number of benzene rings is 7. The number of hydrogen-bond acceptors (Lipinski definition) is 2. The summed E-state index contributed by atoms with van der Waals surface area (Å²) in [6.07, 6.45) is 11.8. The lowest BCUT2D eigenvalue weighted by atomic mass is 9.71. The lowest BCUT2D eigenvalue weighted by molar-refractivity contribution is 0.660. The number of para-hydroxylation sites is 3. The molecule has 9 aromatic rings. The normalized spacial score (nSPS) is 17.5. The van der Waals surface area contributed by atoms with E-state index < -0.39 is 0 Å². The van der Waals surface area contributed by atoms with Crippen molar-refractivity contribution >= 4 is 88.4 Å². The van der Waals surface area contributed by atoms with Gasteiger partial charge in [0.05, 0.1) is 16.8 Å². The fourth-order valence-electron chi connectivity index (χ4n) is 9.93. The number of anilines is 5. The molecule has 1 aliphatic heterocycles. The van der Waals surface area contributed by atoms with E-state index in [0.717, 1.165) is 24.2 Å². The van der Waals surface area contributed by atoms with E-state index in [9.17, 15) is 0 Å². The summed E-state index contributed by atoms with van der Waals surface area (Å²) in [7, 11) is 0. The minimum atomic E-state index is -0.124. The zero-order valence-electron chi connectivity index (χ0n) is 28.0. The molecule has 1 spiro atoms. The summed E-state index contributed by atoms with van der Waals surface area (Å²) in [5.74, 6) is 0. The molecule has 0 saturated heterocycles. The first-order valence-electron chi connectivity index (χ1n) is 18.1. The Hall–Kier alpha value is -6.38. The summed E-state index contributed by atoms with van der Waals surface area (Å²) in [6, 6.07) is 53.8. The molecule has 238 valence electrons. The van der Waals surface area contributed by atoms with E-state index in [0.29, 0.717) is 0 Å². The molecule has 0 saturated carbocycles. The Morgan fingerprint density at radius 3 is 1.90 bits per heavy atom. The van der Waals surface area contributed by atoms with Crippen LogP contribution in [0, 0.1) is 0 Å². The molecule has 0 bridgehead atoms. The number of allylic oxidation sites excluding steroid dienone is 3. The predicted molar refractivity (Wildman–Crippen MR) is 216 cm³/mol. The quantitative estimate of drug-likeness (QED) is 0.175. The minimum absolute atomic E-state index is 0.124. The molecule has 9 aromatic carbocycles. The molecular weight excluding hydrogens is 617 g/mol. The zero-order chi connectivity index (χ0) is 33.3. The van der Waals surface area contributed by atoms with Gasteiger partial charge in [0.1, 0.15) is 0 Å². The molecule has 12 rings (SSSR count). The van der Waals surface area contributed by atoms with Gasteiger partial charge in [-0.3, -0.25) is 0 Å².